The number of rotatable bonds is 4. The number of aryl methyl sites for hydroxylation is 1. The third-order valence-electron chi connectivity index (χ3n) is 3.22. The molecule has 0 bridgehead atoms. The number of piperazine rings is 1. The van der Waals surface area contributed by atoms with Crippen LogP contribution < -0.4 is 5.32 Å². The highest BCUT2D eigenvalue weighted by Crippen LogP contribution is 1.99. The first kappa shape index (κ1) is 13.0. The fourth-order valence-corrected chi connectivity index (χ4v) is 1.92. The molecule has 1 saturated heterocycles. The predicted octanol–water partition coefficient (Wildman–Crippen LogP) is -1.32. The number of hydrogen-bond acceptors (Lipinski definition) is 5. The van der Waals surface area contributed by atoms with Gasteiger partial charge in [0, 0.05) is 33.2 Å². The lowest BCUT2D eigenvalue weighted by molar-refractivity contribution is -0.131. The van der Waals surface area contributed by atoms with E-state index in [4.69, 9.17) is 0 Å². The van der Waals surface area contributed by atoms with Crippen molar-refractivity contribution >= 4 is 5.91 Å². The van der Waals surface area contributed by atoms with Crippen molar-refractivity contribution in [2.75, 3.05) is 39.8 Å². The molecule has 0 aromatic carbocycles. The minimum atomic E-state index is 0.158. The van der Waals surface area contributed by atoms with Crippen molar-refractivity contribution in [3.05, 3.63) is 12.2 Å². The minimum Gasteiger partial charge on any atom is -0.339 e. The van der Waals surface area contributed by atoms with E-state index in [2.05, 4.69) is 27.5 Å². The van der Waals surface area contributed by atoms with Crippen molar-refractivity contribution in [2.24, 2.45) is 7.05 Å². The van der Waals surface area contributed by atoms with Crippen molar-refractivity contribution in [3.63, 3.8) is 0 Å². The summed E-state index contributed by atoms with van der Waals surface area (Å²) in [6.07, 6.45) is 1.65. The summed E-state index contributed by atoms with van der Waals surface area (Å²) in [5.41, 5.74) is 0. The van der Waals surface area contributed by atoms with E-state index in [1.165, 1.54) is 0 Å². The maximum Gasteiger partial charge on any atom is 0.236 e. The number of nitrogens with zero attached hydrogens (tertiary/aromatic N) is 5. The van der Waals surface area contributed by atoms with Crippen molar-refractivity contribution in [3.8, 4) is 0 Å². The normalized spacial score (nSPS) is 17.1. The highest BCUT2D eigenvalue weighted by atomic mass is 16.2. The predicted molar refractivity (Wildman–Crippen MR) is 66.8 cm³/mol. The Bertz CT molecular complexity index is 396. The van der Waals surface area contributed by atoms with Crippen LogP contribution in [0, 0.1) is 0 Å². The van der Waals surface area contributed by atoms with Crippen LogP contribution in [0.5, 0.6) is 0 Å². The van der Waals surface area contributed by atoms with Gasteiger partial charge in [-0.3, -0.25) is 4.79 Å². The van der Waals surface area contributed by atoms with E-state index in [9.17, 15) is 4.79 Å². The summed E-state index contributed by atoms with van der Waals surface area (Å²) in [6.45, 7) is 4.47. The summed E-state index contributed by atoms with van der Waals surface area (Å²) >= 11 is 0. The molecule has 1 aliphatic heterocycles. The van der Waals surface area contributed by atoms with Crippen molar-refractivity contribution in [1.82, 2.24) is 29.9 Å². The Labute approximate surface area is 107 Å². The molecule has 0 radical (unpaired) electrons. The minimum absolute atomic E-state index is 0.158. The average Bonchev–Trinajstić information content (AvgIpc) is 2.76. The van der Waals surface area contributed by atoms with Crippen molar-refractivity contribution < 1.29 is 4.79 Å². The number of amides is 1. The molecule has 1 fully saturated rings. The second kappa shape index (κ2) is 5.92. The molecule has 100 valence electrons. The van der Waals surface area contributed by atoms with E-state index < -0.39 is 0 Å². The van der Waals surface area contributed by atoms with Gasteiger partial charge in [0.2, 0.25) is 5.91 Å². The fraction of sp³-hybridized carbons (Fsp3) is 0.727. The zero-order valence-electron chi connectivity index (χ0n) is 11.0. The molecular weight excluding hydrogens is 232 g/mol. The Hall–Kier alpha value is -1.47. The molecule has 2 rings (SSSR count). The van der Waals surface area contributed by atoms with Gasteiger partial charge in [-0.05, 0) is 7.05 Å². The molecule has 0 atom stereocenters. The maximum atomic E-state index is 11.9. The summed E-state index contributed by atoms with van der Waals surface area (Å²) < 4.78 is 1.84. The van der Waals surface area contributed by atoms with Gasteiger partial charge in [0.15, 0.2) is 0 Å². The molecule has 1 amide bonds. The number of carbonyl (C=O) groups excluding carboxylic acids is 1. The van der Waals surface area contributed by atoms with Gasteiger partial charge in [0.05, 0.1) is 13.1 Å². The molecule has 1 aromatic rings. The standard InChI is InChI=1S/C11H20N6O/c1-15-3-5-17(6-4-15)11(18)8-12-7-10-14-13-9-16(10)2/h9,12H,3-8H2,1-2H3. The van der Waals surface area contributed by atoms with E-state index in [1.807, 2.05) is 16.5 Å². The van der Waals surface area contributed by atoms with Crippen LogP contribution in [0.2, 0.25) is 0 Å². The van der Waals surface area contributed by atoms with Crippen LogP contribution in [0.4, 0.5) is 0 Å². The zero-order chi connectivity index (χ0) is 13.0. The molecule has 1 aliphatic rings. The topological polar surface area (TPSA) is 66.3 Å². The highest BCUT2D eigenvalue weighted by molar-refractivity contribution is 5.78. The Morgan fingerprint density at radius 2 is 2.06 bits per heavy atom. The Morgan fingerprint density at radius 3 is 2.67 bits per heavy atom. The Balaban J connectivity index is 1.70. The molecule has 0 saturated carbocycles. The van der Waals surface area contributed by atoms with Crippen LogP contribution in [-0.2, 0) is 18.4 Å². The molecule has 7 nitrogen and oxygen atoms in total. The van der Waals surface area contributed by atoms with Gasteiger partial charge in [-0.25, -0.2) is 0 Å². The third kappa shape index (κ3) is 3.27. The van der Waals surface area contributed by atoms with Gasteiger partial charge in [0.1, 0.15) is 12.2 Å². The molecule has 2 heterocycles. The van der Waals surface area contributed by atoms with Gasteiger partial charge in [-0.15, -0.1) is 10.2 Å². The second-order valence-corrected chi connectivity index (χ2v) is 4.65. The second-order valence-electron chi connectivity index (χ2n) is 4.65. The fourth-order valence-electron chi connectivity index (χ4n) is 1.92. The molecule has 18 heavy (non-hydrogen) atoms. The lowest BCUT2D eigenvalue weighted by atomic mass is 10.3. The number of likely N-dealkylation sites (N-methyl/N-ethyl adjacent to an activating group) is 1. The van der Waals surface area contributed by atoms with Crippen LogP contribution in [-0.4, -0.2) is 70.2 Å². The highest BCUT2D eigenvalue weighted by Gasteiger charge is 2.18. The van der Waals surface area contributed by atoms with E-state index in [1.54, 1.807) is 6.33 Å². The largest absolute Gasteiger partial charge is 0.339 e. The summed E-state index contributed by atoms with van der Waals surface area (Å²) in [6, 6.07) is 0. The third-order valence-corrected chi connectivity index (χ3v) is 3.22. The van der Waals surface area contributed by atoms with Gasteiger partial charge in [-0.1, -0.05) is 0 Å². The molecular formula is C11H20N6O. The van der Waals surface area contributed by atoms with Crippen LogP contribution in [0.25, 0.3) is 0 Å². The summed E-state index contributed by atoms with van der Waals surface area (Å²) in [5, 5.41) is 10.9. The summed E-state index contributed by atoms with van der Waals surface area (Å²) in [5.74, 6) is 0.992. The van der Waals surface area contributed by atoms with Crippen molar-refractivity contribution in [1.29, 1.82) is 0 Å². The monoisotopic (exact) mass is 252 g/mol. The molecule has 1 aromatic heterocycles. The first-order valence-corrected chi connectivity index (χ1v) is 6.16. The van der Waals surface area contributed by atoms with E-state index >= 15 is 0 Å². The van der Waals surface area contributed by atoms with Gasteiger partial charge < -0.3 is 19.7 Å². The number of hydrogen-bond donors (Lipinski definition) is 1. The van der Waals surface area contributed by atoms with Gasteiger partial charge in [0.25, 0.3) is 0 Å². The molecule has 0 spiro atoms. The van der Waals surface area contributed by atoms with Crippen molar-refractivity contribution in [2.45, 2.75) is 6.54 Å². The average molecular weight is 252 g/mol. The lowest BCUT2D eigenvalue weighted by Gasteiger charge is -2.32. The first-order chi connectivity index (χ1) is 8.66. The van der Waals surface area contributed by atoms with Crippen LogP contribution >= 0.6 is 0 Å². The van der Waals surface area contributed by atoms with Gasteiger partial charge in [-0.2, -0.15) is 0 Å². The zero-order valence-corrected chi connectivity index (χ0v) is 11.0. The number of carbonyl (C=O) groups is 1. The van der Waals surface area contributed by atoms with Gasteiger partial charge >= 0.3 is 0 Å². The van der Waals surface area contributed by atoms with Crippen LogP contribution in [0.15, 0.2) is 6.33 Å². The van der Waals surface area contributed by atoms with Crippen LogP contribution in [0.3, 0.4) is 0 Å². The summed E-state index contributed by atoms with van der Waals surface area (Å²) in [7, 11) is 3.97. The number of nitrogens with one attached hydrogen (secondary N) is 1. The smallest absolute Gasteiger partial charge is 0.236 e. The Morgan fingerprint density at radius 1 is 1.33 bits per heavy atom. The Kier molecular flexibility index (Phi) is 4.27. The quantitative estimate of drug-likeness (QED) is 0.720. The molecule has 7 heteroatoms. The van der Waals surface area contributed by atoms with Crippen LogP contribution in [0.1, 0.15) is 5.82 Å². The van der Waals surface area contributed by atoms with E-state index in [0.717, 1.165) is 32.0 Å². The van der Waals surface area contributed by atoms with E-state index in [0.29, 0.717) is 13.1 Å². The van der Waals surface area contributed by atoms with E-state index in [-0.39, 0.29) is 5.91 Å². The molecule has 1 N–H and O–H groups in total. The SMILES string of the molecule is CN1CCN(C(=O)CNCc2nncn2C)CC1. The summed E-state index contributed by atoms with van der Waals surface area (Å²) in [4.78, 5) is 16.1. The lowest BCUT2D eigenvalue weighted by Crippen LogP contribution is -2.49. The first-order valence-electron chi connectivity index (χ1n) is 6.16. The number of aromatic nitrogens is 3. The molecule has 0 aliphatic carbocycles. The molecule has 0 unspecified atom stereocenters. The maximum absolute atomic E-state index is 11.9.